The topological polar surface area (TPSA) is 66.4 Å². The summed E-state index contributed by atoms with van der Waals surface area (Å²) in [5, 5.41) is 9.48. The van der Waals surface area contributed by atoms with Crippen molar-refractivity contribution in [1.29, 1.82) is 0 Å². The first-order valence-corrected chi connectivity index (χ1v) is 6.49. The maximum Gasteiger partial charge on any atom is 0.511 e. The molecule has 0 amide bonds. The molecule has 1 rings (SSSR count). The molecule has 0 aromatic rings. The van der Waals surface area contributed by atoms with Gasteiger partial charge in [0.05, 0.1) is 6.10 Å². The molecule has 0 saturated heterocycles. The summed E-state index contributed by atoms with van der Waals surface area (Å²) in [5.74, 6) is 0. The summed E-state index contributed by atoms with van der Waals surface area (Å²) in [4.78, 5) is 0. The van der Waals surface area contributed by atoms with Crippen LogP contribution in [0.3, 0.4) is 0 Å². The van der Waals surface area contributed by atoms with E-state index < -0.39 is 27.7 Å². The fourth-order valence-electron chi connectivity index (χ4n) is 1.69. The Kier molecular flexibility index (Phi) is 4.19. The minimum atomic E-state index is -5.36. The van der Waals surface area contributed by atoms with E-state index in [1.807, 2.05) is 0 Å². The number of hydrogen-bond acceptors (Lipinski definition) is 3. The Labute approximate surface area is 91.9 Å². The minimum absolute atomic E-state index is 0.233. The molecule has 0 heterocycles. The van der Waals surface area contributed by atoms with Crippen LogP contribution in [-0.4, -0.2) is 31.2 Å². The van der Waals surface area contributed by atoms with Gasteiger partial charge >= 0.3 is 15.5 Å². The summed E-state index contributed by atoms with van der Waals surface area (Å²) in [7, 11) is -5.36. The molecule has 0 spiro atoms. The van der Waals surface area contributed by atoms with E-state index in [0.29, 0.717) is 19.3 Å². The van der Waals surface area contributed by atoms with E-state index in [9.17, 15) is 26.7 Å². The Hall–Kier alpha value is -0.340. The molecule has 1 fully saturated rings. The van der Waals surface area contributed by atoms with Crippen LogP contribution in [-0.2, 0) is 10.0 Å². The van der Waals surface area contributed by atoms with Crippen LogP contribution in [0.2, 0.25) is 0 Å². The lowest BCUT2D eigenvalue weighted by Gasteiger charge is -2.22. The smallest absolute Gasteiger partial charge is 0.391 e. The molecule has 4 nitrogen and oxygen atoms in total. The summed E-state index contributed by atoms with van der Waals surface area (Å²) in [6.07, 6.45) is 1.62. The van der Waals surface area contributed by atoms with Gasteiger partial charge in [-0.2, -0.15) is 13.2 Å². The SMILES string of the molecule is O=S(=O)(NC1CCCCCC1O)C(F)(F)F. The molecule has 0 radical (unpaired) electrons. The predicted octanol–water partition coefficient (Wildman–Crippen LogP) is 1.12. The van der Waals surface area contributed by atoms with Crippen molar-refractivity contribution in [2.45, 2.75) is 49.8 Å². The van der Waals surface area contributed by atoms with E-state index in [1.54, 1.807) is 0 Å². The maximum atomic E-state index is 12.1. The third kappa shape index (κ3) is 3.33. The molecule has 2 atom stereocenters. The van der Waals surface area contributed by atoms with Gasteiger partial charge in [-0.1, -0.05) is 19.3 Å². The van der Waals surface area contributed by atoms with Gasteiger partial charge in [-0.3, -0.25) is 0 Å². The predicted molar refractivity (Wildman–Crippen MR) is 51.0 cm³/mol. The van der Waals surface area contributed by atoms with E-state index >= 15 is 0 Å². The van der Waals surface area contributed by atoms with Gasteiger partial charge in [-0.15, -0.1) is 0 Å². The van der Waals surface area contributed by atoms with Crippen LogP contribution in [0.4, 0.5) is 13.2 Å². The van der Waals surface area contributed by atoms with Gasteiger partial charge in [0.25, 0.3) is 0 Å². The van der Waals surface area contributed by atoms with Crippen LogP contribution >= 0.6 is 0 Å². The normalized spacial score (nSPS) is 28.8. The number of aliphatic hydroxyl groups is 1. The molecule has 2 N–H and O–H groups in total. The van der Waals surface area contributed by atoms with E-state index in [2.05, 4.69) is 0 Å². The van der Waals surface area contributed by atoms with Crippen molar-refractivity contribution in [3.05, 3.63) is 0 Å². The monoisotopic (exact) mass is 261 g/mol. The van der Waals surface area contributed by atoms with Crippen LogP contribution in [0, 0.1) is 0 Å². The Bertz CT molecular complexity index is 328. The molecule has 96 valence electrons. The third-order valence-electron chi connectivity index (χ3n) is 2.59. The Balaban J connectivity index is 2.72. The van der Waals surface area contributed by atoms with Crippen LogP contribution < -0.4 is 4.72 Å². The number of aliphatic hydroxyl groups excluding tert-OH is 1. The summed E-state index contributed by atoms with van der Waals surface area (Å²) >= 11 is 0. The third-order valence-corrected chi connectivity index (χ3v) is 3.81. The maximum absolute atomic E-state index is 12.1. The zero-order valence-electron chi connectivity index (χ0n) is 8.50. The molecule has 0 aromatic heterocycles. The quantitative estimate of drug-likeness (QED) is 0.732. The summed E-state index contributed by atoms with van der Waals surface area (Å²) in [5.41, 5.74) is -5.32. The number of alkyl halides is 3. The number of hydrogen-bond donors (Lipinski definition) is 2. The second-order valence-corrected chi connectivity index (χ2v) is 5.58. The van der Waals surface area contributed by atoms with E-state index in [4.69, 9.17) is 0 Å². The van der Waals surface area contributed by atoms with Crippen molar-refractivity contribution in [2.24, 2.45) is 0 Å². The van der Waals surface area contributed by atoms with Crippen molar-refractivity contribution >= 4 is 10.0 Å². The Morgan fingerprint density at radius 2 is 1.69 bits per heavy atom. The highest BCUT2D eigenvalue weighted by molar-refractivity contribution is 7.90. The van der Waals surface area contributed by atoms with E-state index in [-0.39, 0.29) is 6.42 Å². The molecule has 1 aliphatic carbocycles. The molecule has 1 saturated carbocycles. The first kappa shape index (κ1) is 13.7. The van der Waals surface area contributed by atoms with Gasteiger partial charge in [-0.25, -0.2) is 13.1 Å². The van der Waals surface area contributed by atoms with Gasteiger partial charge in [0.15, 0.2) is 0 Å². The van der Waals surface area contributed by atoms with Crippen molar-refractivity contribution in [3.8, 4) is 0 Å². The molecular formula is C8H14F3NO3S. The summed E-state index contributed by atoms with van der Waals surface area (Å²) in [6, 6.07) is -1.03. The highest BCUT2D eigenvalue weighted by Crippen LogP contribution is 2.25. The minimum Gasteiger partial charge on any atom is -0.391 e. The standard InChI is InChI=1S/C8H14F3NO3S/c9-8(10,11)16(14,15)12-6-4-2-1-3-5-7(6)13/h6-7,12-13H,1-5H2. The Morgan fingerprint density at radius 1 is 1.12 bits per heavy atom. The van der Waals surface area contributed by atoms with Gasteiger partial charge in [-0.05, 0) is 12.8 Å². The fourth-order valence-corrected chi connectivity index (χ4v) is 2.50. The van der Waals surface area contributed by atoms with Gasteiger partial charge < -0.3 is 5.11 Å². The summed E-state index contributed by atoms with van der Waals surface area (Å²) < 4.78 is 59.4. The molecule has 1 aliphatic rings. The number of sulfonamides is 1. The summed E-state index contributed by atoms with van der Waals surface area (Å²) in [6.45, 7) is 0. The van der Waals surface area contributed by atoms with Crippen LogP contribution in [0.5, 0.6) is 0 Å². The lowest BCUT2D eigenvalue weighted by molar-refractivity contribution is -0.0456. The molecule has 0 bridgehead atoms. The number of halogens is 3. The first-order valence-electron chi connectivity index (χ1n) is 5.01. The largest absolute Gasteiger partial charge is 0.511 e. The average molecular weight is 261 g/mol. The number of rotatable bonds is 2. The van der Waals surface area contributed by atoms with Crippen molar-refractivity contribution in [3.63, 3.8) is 0 Å². The highest BCUT2D eigenvalue weighted by Gasteiger charge is 2.47. The van der Waals surface area contributed by atoms with Gasteiger partial charge in [0.1, 0.15) is 0 Å². The second kappa shape index (κ2) is 4.89. The second-order valence-electron chi connectivity index (χ2n) is 3.88. The molecule has 8 heteroatoms. The highest BCUT2D eigenvalue weighted by atomic mass is 32.2. The zero-order chi connectivity index (χ0) is 12.4. The average Bonchev–Trinajstić information content (AvgIpc) is 2.30. The van der Waals surface area contributed by atoms with Crippen molar-refractivity contribution in [2.75, 3.05) is 0 Å². The molecule has 2 unspecified atom stereocenters. The lowest BCUT2D eigenvalue weighted by atomic mass is 10.1. The van der Waals surface area contributed by atoms with Crippen molar-refractivity contribution in [1.82, 2.24) is 4.72 Å². The number of nitrogens with one attached hydrogen (secondary N) is 1. The van der Waals surface area contributed by atoms with Crippen LogP contribution in [0.15, 0.2) is 0 Å². The Morgan fingerprint density at radius 3 is 2.25 bits per heavy atom. The van der Waals surface area contributed by atoms with Gasteiger partial charge in [0.2, 0.25) is 0 Å². The molecular weight excluding hydrogens is 247 g/mol. The molecule has 0 aliphatic heterocycles. The van der Waals surface area contributed by atoms with Crippen molar-refractivity contribution < 1.29 is 26.7 Å². The van der Waals surface area contributed by atoms with Crippen LogP contribution in [0.1, 0.15) is 32.1 Å². The van der Waals surface area contributed by atoms with Gasteiger partial charge in [0, 0.05) is 6.04 Å². The van der Waals surface area contributed by atoms with E-state index in [1.165, 1.54) is 4.72 Å². The molecule has 16 heavy (non-hydrogen) atoms. The van der Waals surface area contributed by atoms with Crippen LogP contribution in [0.25, 0.3) is 0 Å². The van der Waals surface area contributed by atoms with E-state index in [0.717, 1.165) is 6.42 Å². The zero-order valence-corrected chi connectivity index (χ0v) is 9.31. The molecule has 0 aromatic carbocycles. The lowest BCUT2D eigenvalue weighted by Crippen LogP contribution is -2.47. The fraction of sp³-hybridized carbons (Fsp3) is 1.00. The first-order chi connectivity index (χ1) is 7.24.